The topological polar surface area (TPSA) is 72.8 Å². The van der Waals surface area contributed by atoms with E-state index in [1.54, 1.807) is 6.07 Å². The Balaban J connectivity index is 2.31. The Hall–Kier alpha value is -2.10. The summed E-state index contributed by atoms with van der Waals surface area (Å²) in [6, 6.07) is 13.2. The van der Waals surface area contributed by atoms with Crippen molar-refractivity contribution in [1.82, 2.24) is 0 Å². The molecule has 1 unspecified atom stereocenters. The van der Waals surface area contributed by atoms with Gasteiger partial charge < -0.3 is 9.63 Å². The second kappa shape index (κ2) is 8.28. The van der Waals surface area contributed by atoms with Crippen LogP contribution in [0.25, 0.3) is 0 Å². The molecule has 146 valence electrons. The van der Waals surface area contributed by atoms with Crippen molar-refractivity contribution in [2.24, 2.45) is 0 Å². The normalized spacial score (nSPS) is 13.8. The van der Waals surface area contributed by atoms with Gasteiger partial charge in [-0.05, 0) is 36.6 Å². The molecule has 1 N–H and O–H groups in total. The third-order valence-electron chi connectivity index (χ3n) is 4.29. The molecule has 5 nitrogen and oxygen atoms in total. The van der Waals surface area contributed by atoms with Gasteiger partial charge in [0.2, 0.25) is 0 Å². The Labute approximate surface area is 160 Å². The minimum Gasteiger partial charge on any atom is -0.481 e. The van der Waals surface area contributed by atoms with Crippen LogP contribution in [0.1, 0.15) is 42.5 Å². The van der Waals surface area contributed by atoms with Gasteiger partial charge in [0.15, 0.2) is 0 Å². The Kier molecular flexibility index (Phi) is 6.50. The van der Waals surface area contributed by atoms with Crippen molar-refractivity contribution in [3.8, 4) is 5.75 Å². The molecule has 0 saturated heterocycles. The number of aryl methyl sites for hydroxylation is 2. The van der Waals surface area contributed by atoms with E-state index < -0.39 is 19.0 Å². The zero-order chi connectivity index (χ0) is 20.2. The molecule has 0 aromatic heterocycles. The first-order valence-corrected chi connectivity index (χ1v) is 10.8. The SMILES string of the molecule is Cc1cc(C)c(C(C)(C)CC(=O)O)c(OP(C)(=O)OCc2ccccc2)c1. The fourth-order valence-electron chi connectivity index (χ4n) is 3.31. The van der Waals surface area contributed by atoms with Gasteiger partial charge >= 0.3 is 13.6 Å². The molecule has 0 aliphatic rings. The van der Waals surface area contributed by atoms with Crippen molar-refractivity contribution in [2.45, 2.75) is 46.1 Å². The molecule has 1 atom stereocenters. The highest BCUT2D eigenvalue weighted by Crippen LogP contribution is 2.49. The largest absolute Gasteiger partial charge is 0.481 e. The number of carbonyl (C=O) groups is 1. The molecule has 2 aromatic rings. The van der Waals surface area contributed by atoms with Gasteiger partial charge in [-0.3, -0.25) is 9.32 Å². The zero-order valence-electron chi connectivity index (χ0n) is 16.5. The minimum atomic E-state index is -3.40. The van der Waals surface area contributed by atoms with Crippen molar-refractivity contribution in [1.29, 1.82) is 0 Å². The molecule has 0 aliphatic carbocycles. The first-order chi connectivity index (χ1) is 12.5. The maximum Gasteiger partial charge on any atom is 0.376 e. The molecule has 0 saturated carbocycles. The molecule has 2 rings (SSSR count). The van der Waals surface area contributed by atoms with Crippen LogP contribution in [0, 0.1) is 13.8 Å². The predicted octanol–water partition coefficient (Wildman–Crippen LogP) is 5.47. The summed E-state index contributed by atoms with van der Waals surface area (Å²) in [7, 11) is -3.40. The third-order valence-corrected chi connectivity index (χ3v) is 5.41. The average molecular weight is 390 g/mol. The van der Waals surface area contributed by atoms with Gasteiger partial charge in [0, 0.05) is 17.6 Å². The monoisotopic (exact) mass is 390 g/mol. The van der Waals surface area contributed by atoms with E-state index in [1.165, 1.54) is 6.66 Å². The predicted molar refractivity (Wildman–Crippen MR) is 107 cm³/mol. The van der Waals surface area contributed by atoms with Crippen molar-refractivity contribution >= 4 is 13.6 Å². The number of rotatable bonds is 8. The van der Waals surface area contributed by atoms with Gasteiger partial charge in [0.25, 0.3) is 0 Å². The van der Waals surface area contributed by atoms with Crippen LogP contribution in [0.2, 0.25) is 0 Å². The van der Waals surface area contributed by atoms with Gasteiger partial charge in [-0.25, -0.2) is 4.57 Å². The number of aliphatic carboxylic acids is 1. The van der Waals surface area contributed by atoms with E-state index in [-0.39, 0.29) is 13.0 Å². The van der Waals surface area contributed by atoms with Crippen LogP contribution in [-0.2, 0) is 25.9 Å². The van der Waals surface area contributed by atoms with E-state index in [9.17, 15) is 14.5 Å². The van der Waals surface area contributed by atoms with Crippen molar-refractivity contribution in [3.63, 3.8) is 0 Å². The molecule has 2 aromatic carbocycles. The summed E-state index contributed by atoms with van der Waals surface area (Å²) in [6.45, 7) is 9.12. The summed E-state index contributed by atoms with van der Waals surface area (Å²) >= 11 is 0. The van der Waals surface area contributed by atoms with E-state index >= 15 is 0 Å². The standard InChI is InChI=1S/C21H27O5P/c1-15-11-16(2)20(21(3,4)13-19(22)23)18(12-15)26-27(5,24)25-14-17-9-7-6-8-10-17/h6-12H,13-14H2,1-5H3,(H,22,23). The Bertz CT molecular complexity index is 858. The molecule has 0 bridgehead atoms. The van der Waals surface area contributed by atoms with Crippen molar-refractivity contribution < 1.29 is 23.5 Å². The fourth-order valence-corrected chi connectivity index (χ4v) is 4.24. The number of carboxylic acids is 1. The van der Waals surface area contributed by atoms with Crippen molar-refractivity contribution in [3.05, 3.63) is 64.7 Å². The lowest BCUT2D eigenvalue weighted by Gasteiger charge is -2.29. The molecule has 0 amide bonds. The Morgan fingerprint density at radius 1 is 1.15 bits per heavy atom. The van der Waals surface area contributed by atoms with Crippen molar-refractivity contribution in [2.75, 3.05) is 6.66 Å². The summed E-state index contributed by atoms with van der Waals surface area (Å²) in [5.74, 6) is -0.483. The molecule has 6 heteroatoms. The second-order valence-corrected chi connectivity index (χ2v) is 9.51. The molecular weight excluding hydrogens is 363 g/mol. The van der Waals surface area contributed by atoms with Crippen LogP contribution < -0.4 is 4.52 Å². The molecule has 0 fully saturated rings. The molecule has 0 aliphatic heterocycles. The van der Waals surface area contributed by atoms with E-state index in [2.05, 4.69) is 0 Å². The highest BCUT2D eigenvalue weighted by Gasteiger charge is 2.32. The van der Waals surface area contributed by atoms with Gasteiger partial charge in [-0.2, -0.15) is 0 Å². The lowest BCUT2D eigenvalue weighted by Crippen LogP contribution is -2.24. The summed E-state index contributed by atoms with van der Waals surface area (Å²) in [5, 5.41) is 9.27. The number of hydrogen-bond donors (Lipinski definition) is 1. The van der Waals surface area contributed by atoms with Gasteiger partial charge in [-0.1, -0.05) is 50.2 Å². The quantitative estimate of drug-likeness (QED) is 0.605. The summed E-state index contributed by atoms with van der Waals surface area (Å²) in [6.07, 6.45) is -0.0633. The van der Waals surface area contributed by atoms with Gasteiger partial charge in [-0.15, -0.1) is 0 Å². The highest BCUT2D eigenvalue weighted by molar-refractivity contribution is 7.53. The smallest absolute Gasteiger partial charge is 0.376 e. The van der Waals surface area contributed by atoms with Crippen LogP contribution in [0.15, 0.2) is 42.5 Å². The van der Waals surface area contributed by atoms with Crippen LogP contribution >= 0.6 is 7.60 Å². The van der Waals surface area contributed by atoms with E-state index in [0.29, 0.717) is 5.75 Å². The van der Waals surface area contributed by atoms with Gasteiger partial charge in [0.05, 0.1) is 13.0 Å². The van der Waals surface area contributed by atoms with Crippen LogP contribution in [0.3, 0.4) is 0 Å². The zero-order valence-corrected chi connectivity index (χ0v) is 17.4. The minimum absolute atomic E-state index is 0.0633. The van der Waals surface area contributed by atoms with E-state index in [4.69, 9.17) is 9.05 Å². The summed E-state index contributed by atoms with van der Waals surface area (Å²) < 4.78 is 24.3. The lowest BCUT2D eigenvalue weighted by molar-refractivity contribution is -0.138. The third kappa shape index (κ3) is 5.95. The highest BCUT2D eigenvalue weighted by atomic mass is 31.2. The first-order valence-electron chi connectivity index (χ1n) is 8.79. The average Bonchev–Trinajstić information content (AvgIpc) is 2.51. The molecule has 0 heterocycles. The second-order valence-electron chi connectivity index (χ2n) is 7.53. The molecule has 0 radical (unpaired) electrons. The van der Waals surface area contributed by atoms with Crippen LogP contribution in [0.5, 0.6) is 5.75 Å². The molecule has 0 spiro atoms. The number of benzene rings is 2. The Morgan fingerprint density at radius 3 is 2.37 bits per heavy atom. The van der Waals surface area contributed by atoms with Crippen LogP contribution in [-0.4, -0.2) is 17.7 Å². The van der Waals surface area contributed by atoms with Gasteiger partial charge in [0.1, 0.15) is 5.75 Å². The lowest BCUT2D eigenvalue weighted by atomic mass is 9.78. The maximum atomic E-state index is 12.9. The van der Waals surface area contributed by atoms with E-state index in [0.717, 1.165) is 22.3 Å². The number of carboxylic acid groups (broad SMARTS) is 1. The van der Waals surface area contributed by atoms with Crippen LogP contribution in [0.4, 0.5) is 0 Å². The number of hydrogen-bond acceptors (Lipinski definition) is 4. The Morgan fingerprint density at radius 2 is 1.78 bits per heavy atom. The van der Waals surface area contributed by atoms with E-state index in [1.807, 2.05) is 64.1 Å². The summed E-state index contributed by atoms with van der Waals surface area (Å²) in [4.78, 5) is 11.3. The first kappa shape index (κ1) is 21.2. The molecular formula is C21H27O5P. The summed E-state index contributed by atoms with van der Waals surface area (Å²) in [5.41, 5.74) is 2.80. The fraction of sp³-hybridized carbons (Fsp3) is 0.381. The molecule has 27 heavy (non-hydrogen) atoms. The maximum absolute atomic E-state index is 12.9.